The Morgan fingerprint density at radius 1 is 1.24 bits per heavy atom. The second-order valence-corrected chi connectivity index (χ2v) is 5.71. The van der Waals surface area contributed by atoms with E-state index in [1.54, 1.807) is 0 Å². The summed E-state index contributed by atoms with van der Waals surface area (Å²) < 4.78 is 19.2. The largest absolute Gasteiger partial charge is 0.491 e. The van der Waals surface area contributed by atoms with Gasteiger partial charge in [-0.3, -0.25) is 0 Å². The lowest BCUT2D eigenvalue weighted by molar-refractivity contribution is -0.182. The van der Waals surface area contributed by atoms with Gasteiger partial charge in [0.15, 0.2) is 6.29 Å². The van der Waals surface area contributed by atoms with Gasteiger partial charge in [-0.25, -0.2) is 0 Å². The van der Waals surface area contributed by atoms with Crippen molar-refractivity contribution in [3.63, 3.8) is 0 Å². The molecule has 21 heavy (non-hydrogen) atoms. The number of aryl methyl sites for hydroxylation is 1. The highest BCUT2D eigenvalue weighted by Gasteiger charge is 2.14. The third-order valence-electron chi connectivity index (χ3n) is 3.62. The van der Waals surface area contributed by atoms with Crippen molar-refractivity contribution in [1.82, 2.24) is 4.57 Å². The number of nitrogens with zero attached hydrogens (tertiary/aromatic N) is 1. The fourth-order valence-corrected chi connectivity index (χ4v) is 2.67. The second-order valence-electron chi connectivity index (χ2n) is 5.71. The monoisotopic (exact) mass is 289 g/mol. The lowest BCUT2D eigenvalue weighted by Gasteiger charge is -2.23. The molecule has 1 aliphatic rings. The molecule has 0 spiro atoms. The van der Waals surface area contributed by atoms with E-state index in [1.807, 2.05) is 19.9 Å². The average Bonchev–Trinajstić information content (AvgIpc) is 2.88. The van der Waals surface area contributed by atoms with Crippen molar-refractivity contribution in [2.75, 3.05) is 13.2 Å². The van der Waals surface area contributed by atoms with E-state index in [9.17, 15) is 0 Å². The molecule has 0 saturated carbocycles. The first-order chi connectivity index (χ1) is 10.2. The van der Waals surface area contributed by atoms with Gasteiger partial charge in [0.1, 0.15) is 5.75 Å². The van der Waals surface area contributed by atoms with Crippen molar-refractivity contribution in [2.24, 2.45) is 0 Å². The number of ether oxygens (including phenoxy) is 3. The molecule has 0 bridgehead atoms. The van der Waals surface area contributed by atoms with Crippen LogP contribution in [0.3, 0.4) is 0 Å². The minimum atomic E-state index is -0.0558. The van der Waals surface area contributed by atoms with Crippen LogP contribution >= 0.6 is 0 Å². The molecule has 1 aromatic carbocycles. The Morgan fingerprint density at radius 3 is 2.81 bits per heavy atom. The molecule has 1 saturated heterocycles. The fourth-order valence-electron chi connectivity index (χ4n) is 2.67. The van der Waals surface area contributed by atoms with E-state index in [4.69, 9.17) is 14.2 Å². The number of fused-ring (bicyclic) bond motifs is 1. The van der Waals surface area contributed by atoms with Crippen molar-refractivity contribution in [3.05, 3.63) is 30.5 Å². The first-order valence-electron chi connectivity index (χ1n) is 7.71. The molecular formula is C17H23NO3. The van der Waals surface area contributed by atoms with Gasteiger partial charge in [-0.15, -0.1) is 0 Å². The van der Waals surface area contributed by atoms with Crippen LogP contribution in [0.25, 0.3) is 10.9 Å². The summed E-state index contributed by atoms with van der Waals surface area (Å²) in [5.74, 6) is 0.925. The summed E-state index contributed by atoms with van der Waals surface area (Å²) in [4.78, 5) is 0. The molecule has 4 heteroatoms. The fraction of sp³-hybridized carbons (Fsp3) is 0.529. The maximum Gasteiger partial charge on any atom is 0.159 e. The highest BCUT2D eigenvalue weighted by atomic mass is 16.7. The van der Waals surface area contributed by atoms with Gasteiger partial charge in [-0.05, 0) is 44.5 Å². The zero-order chi connectivity index (χ0) is 14.7. The molecule has 2 heterocycles. The molecule has 0 N–H and O–H groups in total. The van der Waals surface area contributed by atoms with Crippen LogP contribution in [-0.2, 0) is 16.0 Å². The average molecular weight is 289 g/mol. The second kappa shape index (κ2) is 6.50. The summed E-state index contributed by atoms with van der Waals surface area (Å²) in [5, 5.41) is 1.21. The van der Waals surface area contributed by atoms with Crippen LogP contribution in [0.15, 0.2) is 30.5 Å². The van der Waals surface area contributed by atoms with Crippen molar-refractivity contribution in [3.8, 4) is 5.75 Å². The van der Waals surface area contributed by atoms with E-state index >= 15 is 0 Å². The summed E-state index contributed by atoms with van der Waals surface area (Å²) in [6.07, 6.45) is 4.15. The van der Waals surface area contributed by atoms with E-state index in [0.717, 1.165) is 38.3 Å². The number of benzene rings is 1. The number of hydrogen-bond donors (Lipinski definition) is 0. The quantitative estimate of drug-likeness (QED) is 0.843. The highest BCUT2D eigenvalue weighted by molar-refractivity contribution is 5.81. The summed E-state index contributed by atoms with van der Waals surface area (Å²) in [5.41, 5.74) is 1.22. The molecule has 1 aromatic heterocycles. The van der Waals surface area contributed by atoms with Gasteiger partial charge < -0.3 is 18.8 Å². The summed E-state index contributed by atoms with van der Waals surface area (Å²) >= 11 is 0. The van der Waals surface area contributed by atoms with E-state index < -0.39 is 0 Å². The minimum absolute atomic E-state index is 0.0558. The standard InChI is InChI=1S/C17H23NO3/c1-13(2)21-15-4-5-16-14(12-15)6-8-18(16)9-7-17-19-10-3-11-20-17/h4-6,8,12-13,17H,3,7,9-11H2,1-2H3. The third kappa shape index (κ3) is 3.57. The Balaban J connectivity index is 1.68. The van der Waals surface area contributed by atoms with Crippen molar-refractivity contribution >= 4 is 10.9 Å². The smallest absolute Gasteiger partial charge is 0.159 e. The Morgan fingerprint density at radius 2 is 2.05 bits per heavy atom. The van der Waals surface area contributed by atoms with Crippen LogP contribution in [0.2, 0.25) is 0 Å². The van der Waals surface area contributed by atoms with Crippen LogP contribution in [-0.4, -0.2) is 30.2 Å². The molecule has 114 valence electrons. The van der Waals surface area contributed by atoms with Gasteiger partial charge in [0.05, 0.1) is 19.3 Å². The lowest BCUT2D eigenvalue weighted by atomic mass is 10.2. The normalized spacial score (nSPS) is 16.7. The first-order valence-corrected chi connectivity index (χ1v) is 7.71. The first kappa shape index (κ1) is 14.4. The van der Waals surface area contributed by atoms with Gasteiger partial charge in [0.25, 0.3) is 0 Å². The van der Waals surface area contributed by atoms with E-state index in [0.29, 0.717) is 0 Å². The Bertz CT molecular complexity index is 585. The molecule has 3 rings (SSSR count). The van der Waals surface area contributed by atoms with E-state index in [-0.39, 0.29) is 12.4 Å². The van der Waals surface area contributed by atoms with Gasteiger partial charge in [0.2, 0.25) is 0 Å². The zero-order valence-corrected chi connectivity index (χ0v) is 12.7. The molecule has 0 amide bonds. The molecule has 1 fully saturated rings. The highest BCUT2D eigenvalue weighted by Crippen LogP contribution is 2.23. The Labute approximate surface area is 125 Å². The Kier molecular flexibility index (Phi) is 4.46. The SMILES string of the molecule is CC(C)Oc1ccc2c(ccn2CCC2OCCCO2)c1. The van der Waals surface area contributed by atoms with Crippen LogP contribution in [0.1, 0.15) is 26.7 Å². The topological polar surface area (TPSA) is 32.6 Å². The molecule has 1 aliphatic heterocycles. The maximum atomic E-state index is 5.74. The van der Waals surface area contributed by atoms with Crippen LogP contribution in [0, 0.1) is 0 Å². The number of hydrogen-bond acceptors (Lipinski definition) is 3. The van der Waals surface area contributed by atoms with Crippen molar-refractivity contribution in [2.45, 2.75) is 45.6 Å². The van der Waals surface area contributed by atoms with E-state index in [1.165, 1.54) is 10.9 Å². The van der Waals surface area contributed by atoms with Crippen LogP contribution < -0.4 is 4.74 Å². The van der Waals surface area contributed by atoms with Crippen molar-refractivity contribution in [1.29, 1.82) is 0 Å². The van der Waals surface area contributed by atoms with Crippen molar-refractivity contribution < 1.29 is 14.2 Å². The molecule has 0 unspecified atom stereocenters. The van der Waals surface area contributed by atoms with Crippen LogP contribution in [0.5, 0.6) is 5.75 Å². The summed E-state index contributed by atoms with van der Waals surface area (Å²) in [7, 11) is 0. The molecule has 2 aromatic rings. The molecule has 4 nitrogen and oxygen atoms in total. The minimum Gasteiger partial charge on any atom is -0.491 e. The molecule has 0 atom stereocenters. The summed E-state index contributed by atoms with van der Waals surface area (Å²) in [6.45, 7) is 6.61. The predicted octanol–water partition coefficient (Wildman–Crippen LogP) is 3.58. The van der Waals surface area contributed by atoms with Gasteiger partial charge in [-0.2, -0.15) is 0 Å². The van der Waals surface area contributed by atoms with Gasteiger partial charge in [0, 0.05) is 30.1 Å². The van der Waals surface area contributed by atoms with Crippen LogP contribution in [0.4, 0.5) is 0 Å². The summed E-state index contributed by atoms with van der Waals surface area (Å²) in [6, 6.07) is 8.38. The number of rotatable bonds is 5. The van der Waals surface area contributed by atoms with Gasteiger partial charge >= 0.3 is 0 Å². The molecule has 0 aliphatic carbocycles. The lowest BCUT2D eigenvalue weighted by Crippen LogP contribution is -2.25. The third-order valence-corrected chi connectivity index (χ3v) is 3.62. The van der Waals surface area contributed by atoms with Gasteiger partial charge in [-0.1, -0.05) is 0 Å². The zero-order valence-electron chi connectivity index (χ0n) is 12.7. The Hall–Kier alpha value is -1.52. The predicted molar refractivity (Wildman–Crippen MR) is 82.6 cm³/mol. The molecule has 0 radical (unpaired) electrons. The number of aromatic nitrogens is 1. The van der Waals surface area contributed by atoms with E-state index in [2.05, 4.69) is 29.0 Å². The molecular weight excluding hydrogens is 266 g/mol. The maximum absolute atomic E-state index is 5.74.